The minimum Gasteiger partial charge on any atom is -0.350 e. The lowest BCUT2D eigenvalue weighted by atomic mass is 10.0. The van der Waals surface area contributed by atoms with Gasteiger partial charge in [-0.1, -0.05) is 43.6 Å². The molecule has 1 atom stereocenters. The molecule has 1 saturated heterocycles. The van der Waals surface area contributed by atoms with E-state index < -0.39 is 11.5 Å². The number of carbonyl (C=O) groups excluding carboxylic acids is 1. The Morgan fingerprint density at radius 1 is 1.18 bits per heavy atom. The molecular formula is C32H34Cl2FN7O2. The fraction of sp³-hybridized carbons (Fsp3) is 0.344. The van der Waals surface area contributed by atoms with Gasteiger partial charge in [-0.25, -0.2) is 18.7 Å². The highest BCUT2D eigenvalue weighted by Gasteiger charge is 2.30. The lowest BCUT2D eigenvalue weighted by Crippen LogP contribution is -2.54. The number of hydrogen-bond acceptors (Lipinski definition) is 7. The summed E-state index contributed by atoms with van der Waals surface area (Å²) in [5.41, 5.74) is 2.48. The largest absolute Gasteiger partial charge is 0.355 e. The Morgan fingerprint density at radius 3 is 2.59 bits per heavy atom. The SMILES string of the molecule is C=CC(=O)N1CCN(c2nc(=O)n(-c3c(C)ccnc3CC(C)C)c3nc(N(C)c4ccc(Cl)c(F)c4)c(Cl)cc23)[C@@H](C)C1. The van der Waals surface area contributed by atoms with E-state index in [-0.39, 0.29) is 27.9 Å². The van der Waals surface area contributed by atoms with Gasteiger partial charge in [0.25, 0.3) is 0 Å². The average molecular weight is 639 g/mol. The molecule has 0 bridgehead atoms. The molecule has 12 heteroatoms. The molecule has 0 saturated carbocycles. The second kappa shape index (κ2) is 12.5. The maximum atomic E-state index is 14.4. The summed E-state index contributed by atoms with van der Waals surface area (Å²) < 4.78 is 15.9. The van der Waals surface area contributed by atoms with E-state index >= 15 is 0 Å². The van der Waals surface area contributed by atoms with E-state index in [0.717, 1.165) is 11.3 Å². The molecule has 4 aromatic rings. The maximum Gasteiger partial charge on any atom is 0.355 e. The van der Waals surface area contributed by atoms with Crippen LogP contribution in [-0.4, -0.2) is 63.0 Å². The number of aryl methyl sites for hydroxylation is 1. The van der Waals surface area contributed by atoms with Gasteiger partial charge in [0.15, 0.2) is 11.5 Å². The Kier molecular flexibility index (Phi) is 8.95. The van der Waals surface area contributed by atoms with Crippen molar-refractivity contribution in [1.29, 1.82) is 0 Å². The number of carbonyl (C=O) groups is 1. The van der Waals surface area contributed by atoms with E-state index in [1.54, 1.807) is 35.2 Å². The molecule has 0 unspecified atom stereocenters. The van der Waals surface area contributed by atoms with Crippen LogP contribution < -0.4 is 15.5 Å². The van der Waals surface area contributed by atoms with Gasteiger partial charge in [-0.3, -0.25) is 9.78 Å². The van der Waals surface area contributed by atoms with E-state index in [4.69, 9.17) is 28.2 Å². The molecule has 1 aromatic carbocycles. The van der Waals surface area contributed by atoms with Crippen LogP contribution in [0.5, 0.6) is 0 Å². The monoisotopic (exact) mass is 637 g/mol. The van der Waals surface area contributed by atoms with E-state index in [2.05, 4.69) is 30.4 Å². The summed E-state index contributed by atoms with van der Waals surface area (Å²) in [5, 5.41) is 0.836. The van der Waals surface area contributed by atoms with E-state index in [1.165, 1.54) is 22.8 Å². The third-order valence-corrected chi connectivity index (χ3v) is 8.39. The Hall–Kier alpha value is -4.02. The predicted octanol–water partition coefficient (Wildman–Crippen LogP) is 6.12. The fourth-order valence-corrected chi connectivity index (χ4v) is 6.01. The van der Waals surface area contributed by atoms with Crippen molar-refractivity contribution in [3.8, 4) is 5.69 Å². The molecule has 9 nitrogen and oxygen atoms in total. The maximum absolute atomic E-state index is 14.4. The number of benzene rings is 1. The molecule has 44 heavy (non-hydrogen) atoms. The van der Waals surface area contributed by atoms with E-state index in [1.807, 2.05) is 24.8 Å². The fourth-order valence-electron chi connectivity index (χ4n) is 5.62. The highest BCUT2D eigenvalue weighted by Crippen LogP contribution is 2.37. The summed E-state index contributed by atoms with van der Waals surface area (Å²) in [6.07, 6.45) is 3.67. The number of fused-ring (bicyclic) bond motifs is 1. The van der Waals surface area contributed by atoms with Crippen LogP contribution in [0, 0.1) is 18.7 Å². The molecule has 0 aliphatic carbocycles. The van der Waals surface area contributed by atoms with Crippen LogP contribution in [0.2, 0.25) is 10.0 Å². The third-order valence-electron chi connectivity index (χ3n) is 7.80. The summed E-state index contributed by atoms with van der Waals surface area (Å²) in [6, 6.07) is 7.85. The number of anilines is 3. The Labute approximate surface area is 265 Å². The van der Waals surface area contributed by atoms with Crippen LogP contribution in [-0.2, 0) is 11.2 Å². The van der Waals surface area contributed by atoms with Crippen molar-refractivity contribution in [1.82, 2.24) is 24.4 Å². The summed E-state index contributed by atoms with van der Waals surface area (Å²) >= 11 is 12.8. The molecular weight excluding hydrogens is 604 g/mol. The number of pyridine rings is 2. The van der Waals surface area contributed by atoms with Crippen LogP contribution in [0.4, 0.5) is 21.7 Å². The van der Waals surface area contributed by atoms with Gasteiger partial charge in [0.2, 0.25) is 5.91 Å². The van der Waals surface area contributed by atoms with Gasteiger partial charge in [-0.05, 0) is 68.2 Å². The zero-order chi connectivity index (χ0) is 31.9. The zero-order valence-electron chi connectivity index (χ0n) is 25.3. The van der Waals surface area contributed by atoms with Gasteiger partial charge in [-0.15, -0.1) is 0 Å². The molecule has 1 aliphatic heterocycles. The summed E-state index contributed by atoms with van der Waals surface area (Å²) in [4.78, 5) is 46.0. The Morgan fingerprint density at radius 2 is 1.93 bits per heavy atom. The standard InChI is InChI=1S/C32H34Cl2FN7O2/c1-7-27(43)40-12-13-41(20(5)17-40)29-22-16-24(34)31(39(6)21-8-9-23(33)25(35)15-21)37-30(22)42(32(44)38-29)28-19(4)10-11-36-26(28)14-18(2)3/h7-11,15-16,18,20H,1,12-14,17H2,2-6H3/t20-/m0/s1. The zero-order valence-corrected chi connectivity index (χ0v) is 26.8. The van der Waals surface area contributed by atoms with Crippen molar-refractivity contribution >= 4 is 57.5 Å². The van der Waals surface area contributed by atoms with Crippen molar-refractivity contribution in [3.05, 3.63) is 86.8 Å². The van der Waals surface area contributed by atoms with Crippen LogP contribution in [0.1, 0.15) is 32.0 Å². The van der Waals surface area contributed by atoms with Gasteiger partial charge in [0.1, 0.15) is 11.6 Å². The highest BCUT2D eigenvalue weighted by atomic mass is 35.5. The molecule has 0 spiro atoms. The third kappa shape index (κ3) is 5.88. The molecule has 230 valence electrons. The molecule has 0 N–H and O–H groups in total. The van der Waals surface area contributed by atoms with Gasteiger partial charge >= 0.3 is 5.69 Å². The van der Waals surface area contributed by atoms with Crippen molar-refractivity contribution in [2.24, 2.45) is 5.92 Å². The first-order valence-electron chi connectivity index (χ1n) is 14.4. The lowest BCUT2D eigenvalue weighted by Gasteiger charge is -2.40. The normalized spacial score (nSPS) is 15.2. The quantitative estimate of drug-likeness (QED) is 0.226. The van der Waals surface area contributed by atoms with E-state index in [9.17, 15) is 14.0 Å². The number of hydrogen-bond donors (Lipinski definition) is 0. The second-order valence-corrected chi connectivity index (χ2v) is 12.2. The first-order chi connectivity index (χ1) is 20.9. The van der Waals surface area contributed by atoms with Gasteiger partial charge < -0.3 is 14.7 Å². The van der Waals surface area contributed by atoms with Crippen LogP contribution in [0.3, 0.4) is 0 Å². The number of rotatable bonds is 7. The number of piperazine rings is 1. The van der Waals surface area contributed by atoms with Crippen LogP contribution in [0.25, 0.3) is 16.7 Å². The molecule has 1 fully saturated rings. The topological polar surface area (TPSA) is 87.5 Å². The molecule has 4 heterocycles. The summed E-state index contributed by atoms with van der Waals surface area (Å²) in [6.45, 7) is 13.0. The van der Waals surface area contributed by atoms with Crippen molar-refractivity contribution in [3.63, 3.8) is 0 Å². The van der Waals surface area contributed by atoms with E-state index in [0.29, 0.717) is 60.1 Å². The molecule has 1 amide bonds. The van der Waals surface area contributed by atoms with Crippen LogP contribution >= 0.6 is 23.2 Å². The first-order valence-corrected chi connectivity index (χ1v) is 15.1. The first kappa shape index (κ1) is 31.4. The Balaban J connectivity index is 1.77. The number of nitrogens with zero attached hydrogens (tertiary/aromatic N) is 7. The summed E-state index contributed by atoms with van der Waals surface area (Å²) in [5.74, 6) is 0.283. The number of halogens is 3. The van der Waals surface area contributed by atoms with Crippen molar-refractivity contribution in [2.45, 2.75) is 40.2 Å². The van der Waals surface area contributed by atoms with Crippen LogP contribution in [0.15, 0.2) is 54.0 Å². The molecule has 3 aromatic heterocycles. The van der Waals surface area contributed by atoms with Gasteiger partial charge in [0, 0.05) is 44.6 Å². The lowest BCUT2D eigenvalue weighted by molar-refractivity contribution is -0.126. The smallest absolute Gasteiger partial charge is 0.350 e. The van der Waals surface area contributed by atoms with Gasteiger partial charge in [0.05, 0.1) is 26.8 Å². The van der Waals surface area contributed by atoms with Crippen molar-refractivity contribution < 1.29 is 9.18 Å². The average Bonchev–Trinajstić information content (AvgIpc) is 2.98. The Bertz CT molecular complexity index is 1830. The van der Waals surface area contributed by atoms with Crippen molar-refractivity contribution in [2.75, 3.05) is 36.5 Å². The molecule has 5 rings (SSSR count). The second-order valence-electron chi connectivity index (χ2n) is 11.4. The molecule has 1 aliphatic rings. The minimum absolute atomic E-state index is 0.00184. The summed E-state index contributed by atoms with van der Waals surface area (Å²) in [7, 11) is 1.71. The number of aromatic nitrogens is 4. The predicted molar refractivity (Wildman–Crippen MR) is 174 cm³/mol. The minimum atomic E-state index is -0.580. The highest BCUT2D eigenvalue weighted by molar-refractivity contribution is 6.34. The number of amides is 1. The van der Waals surface area contributed by atoms with Gasteiger partial charge in [-0.2, -0.15) is 4.98 Å². The molecule has 0 radical (unpaired) electrons.